The van der Waals surface area contributed by atoms with E-state index in [0.717, 1.165) is 25.2 Å². The van der Waals surface area contributed by atoms with Crippen LogP contribution in [-0.4, -0.2) is 35.1 Å². The van der Waals surface area contributed by atoms with Gasteiger partial charge in [0.1, 0.15) is 5.82 Å². The molecule has 0 bridgehead atoms. The number of esters is 1. The number of rotatable bonds is 3. The molecule has 0 saturated carbocycles. The van der Waals surface area contributed by atoms with Crippen LogP contribution < -0.4 is 5.32 Å². The predicted molar refractivity (Wildman–Crippen MR) is 76.3 cm³/mol. The van der Waals surface area contributed by atoms with Crippen molar-refractivity contribution in [3.63, 3.8) is 0 Å². The zero-order valence-corrected chi connectivity index (χ0v) is 12.0. The van der Waals surface area contributed by atoms with Gasteiger partial charge in [0.05, 0.1) is 17.6 Å². The third kappa shape index (κ3) is 2.27. The van der Waals surface area contributed by atoms with Crippen LogP contribution in [0, 0.1) is 0 Å². The van der Waals surface area contributed by atoms with Gasteiger partial charge in [-0.25, -0.2) is 9.78 Å². The van der Waals surface area contributed by atoms with Crippen molar-refractivity contribution in [3.8, 4) is 0 Å². The lowest BCUT2D eigenvalue weighted by Crippen LogP contribution is -2.24. The van der Waals surface area contributed by atoms with Gasteiger partial charge in [-0.1, -0.05) is 11.6 Å². The van der Waals surface area contributed by atoms with E-state index in [1.807, 2.05) is 16.7 Å². The average molecular weight is 294 g/mol. The molecule has 3 rings (SSSR count). The summed E-state index contributed by atoms with van der Waals surface area (Å²) in [6, 6.07) is 4.01. The highest BCUT2D eigenvalue weighted by Crippen LogP contribution is 2.24. The molecule has 2 aromatic heterocycles. The molecule has 6 heteroatoms. The van der Waals surface area contributed by atoms with E-state index in [4.69, 9.17) is 16.3 Å². The Balaban J connectivity index is 2.07. The number of carbonyl (C=O) groups is 1. The standard InChI is InChI=1S/C14H16ClN3O2/c1-20-14(19)12-13-10(15)5-3-7-18(13)11(17-12)8-9-4-2-6-16-9/h3,5,7,9,16H,2,4,6,8H2,1H3. The zero-order chi connectivity index (χ0) is 14.1. The first-order valence-corrected chi connectivity index (χ1v) is 7.05. The van der Waals surface area contributed by atoms with Gasteiger partial charge in [-0.3, -0.25) is 0 Å². The smallest absolute Gasteiger partial charge is 0.358 e. The summed E-state index contributed by atoms with van der Waals surface area (Å²) in [6.07, 6.45) is 4.96. The molecule has 0 aromatic carbocycles. The Kier molecular flexibility index (Phi) is 3.63. The molecule has 1 unspecified atom stereocenters. The van der Waals surface area contributed by atoms with E-state index in [2.05, 4.69) is 10.3 Å². The molecule has 1 fully saturated rings. The second kappa shape index (κ2) is 5.42. The van der Waals surface area contributed by atoms with Gasteiger partial charge in [0, 0.05) is 18.7 Å². The Hall–Kier alpha value is -1.59. The molecule has 5 nitrogen and oxygen atoms in total. The Morgan fingerprint density at radius 1 is 1.65 bits per heavy atom. The first-order chi connectivity index (χ1) is 9.70. The van der Waals surface area contributed by atoms with E-state index in [0.29, 0.717) is 16.6 Å². The minimum atomic E-state index is -0.457. The minimum absolute atomic E-state index is 0.283. The predicted octanol–water partition coefficient (Wildman–Crippen LogP) is 2.07. The second-order valence-corrected chi connectivity index (χ2v) is 5.35. The van der Waals surface area contributed by atoms with Crippen molar-refractivity contribution in [1.82, 2.24) is 14.7 Å². The first-order valence-electron chi connectivity index (χ1n) is 6.68. The molecule has 1 saturated heterocycles. The lowest BCUT2D eigenvalue weighted by atomic mass is 10.1. The van der Waals surface area contributed by atoms with Gasteiger partial charge in [-0.05, 0) is 31.5 Å². The van der Waals surface area contributed by atoms with E-state index in [1.54, 1.807) is 6.07 Å². The summed E-state index contributed by atoms with van der Waals surface area (Å²) in [5.74, 6) is 0.378. The van der Waals surface area contributed by atoms with Gasteiger partial charge in [0.25, 0.3) is 0 Å². The molecule has 2 aromatic rings. The lowest BCUT2D eigenvalue weighted by molar-refractivity contribution is 0.0596. The summed E-state index contributed by atoms with van der Waals surface area (Å²) in [5, 5.41) is 3.94. The van der Waals surface area contributed by atoms with Gasteiger partial charge in [0.2, 0.25) is 0 Å². The number of fused-ring (bicyclic) bond motifs is 1. The van der Waals surface area contributed by atoms with Crippen molar-refractivity contribution in [3.05, 3.63) is 34.9 Å². The number of pyridine rings is 1. The van der Waals surface area contributed by atoms with E-state index >= 15 is 0 Å². The lowest BCUT2D eigenvalue weighted by Gasteiger charge is -2.08. The summed E-state index contributed by atoms with van der Waals surface area (Å²) >= 11 is 6.21. The van der Waals surface area contributed by atoms with E-state index in [1.165, 1.54) is 13.5 Å². The molecule has 3 heterocycles. The fraction of sp³-hybridized carbons (Fsp3) is 0.429. The average Bonchev–Trinajstić information content (AvgIpc) is 3.08. The molecule has 0 spiro atoms. The Morgan fingerprint density at radius 3 is 3.20 bits per heavy atom. The number of methoxy groups -OCH3 is 1. The summed E-state index contributed by atoms with van der Waals surface area (Å²) in [5.41, 5.74) is 0.903. The maximum absolute atomic E-state index is 11.9. The third-order valence-corrected chi connectivity index (χ3v) is 3.96. The topological polar surface area (TPSA) is 55.6 Å². The van der Waals surface area contributed by atoms with E-state index in [9.17, 15) is 4.79 Å². The van der Waals surface area contributed by atoms with Crippen molar-refractivity contribution < 1.29 is 9.53 Å². The summed E-state index contributed by atoms with van der Waals surface area (Å²) < 4.78 is 6.68. The summed E-state index contributed by atoms with van der Waals surface area (Å²) in [6.45, 7) is 1.04. The molecule has 0 aliphatic carbocycles. The number of halogens is 1. The largest absolute Gasteiger partial charge is 0.464 e. The second-order valence-electron chi connectivity index (χ2n) is 4.94. The third-order valence-electron chi connectivity index (χ3n) is 3.66. The monoisotopic (exact) mass is 293 g/mol. The number of aromatic nitrogens is 2. The number of imidazole rings is 1. The maximum atomic E-state index is 11.9. The fourth-order valence-corrected chi connectivity index (χ4v) is 2.95. The number of nitrogens with one attached hydrogen (secondary N) is 1. The summed E-state index contributed by atoms with van der Waals surface area (Å²) in [7, 11) is 1.35. The highest BCUT2D eigenvalue weighted by Gasteiger charge is 2.23. The molecule has 106 valence electrons. The molecule has 1 atom stereocenters. The fourth-order valence-electron chi connectivity index (χ4n) is 2.69. The Bertz CT molecular complexity index is 647. The number of ether oxygens (including phenoxy) is 1. The maximum Gasteiger partial charge on any atom is 0.358 e. The van der Waals surface area contributed by atoms with Crippen molar-refractivity contribution in [2.24, 2.45) is 0 Å². The molecule has 0 radical (unpaired) electrons. The van der Waals surface area contributed by atoms with Crippen LogP contribution in [0.4, 0.5) is 0 Å². The van der Waals surface area contributed by atoms with Crippen LogP contribution in [0.2, 0.25) is 5.02 Å². The molecular weight excluding hydrogens is 278 g/mol. The molecule has 1 N–H and O–H groups in total. The molecule has 0 amide bonds. The highest BCUT2D eigenvalue weighted by molar-refractivity contribution is 6.34. The van der Waals surface area contributed by atoms with Crippen LogP contribution in [-0.2, 0) is 11.2 Å². The quantitative estimate of drug-likeness (QED) is 0.880. The molecule has 1 aliphatic rings. The van der Waals surface area contributed by atoms with Crippen LogP contribution in [0.1, 0.15) is 29.2 Å². The number of hydrogen-bond donors (Lipinski definition) is 1. The van der Waals surface area contributed by atoms with Crippen LogP contribution >= 0.6 is 11.6 Å². The van der Waals surface area contributed by atoms with Crippen LogP contribution in [0.15, 0.2) is 18.3 Å². The first kappa shape index (κ1) is 13.4. The number of carbonyl (C=O) groups excluding carboxylic acids is 1. The molecule has 1 aliphatic heterocycles. The summed E-state index contributed by atoms with van der Waals surface area (Å²) in [4.78, 5) is 16.3. The SMILES string of the molecule is COC(=O)c1nc(CC2CCCN2)n2cccc(Cl)c12. The van der Waals surface area contributed by atoms with E-state index < -0.39 is 5.97 Å². The normalized spacial score (nSPS) is 18.6. The Morgan fingerprint density at radius 2 is 2.50 bits per heavy atom. The number of hydrogen-bond acceptors (Lipinski definition) is 4. The van der Waals surface area contributed by atoms with Crippen LogP contribution in [0.25, 0.3) is 5.52 Å². The van der Waals surface area contributed by atoms with Gasteiger partial charge < -0.3 is 14.5 Å². The van der Waals surface area contributed by atoms with Gasteiger partial charge in [-0.15, -0.1) is 0 Å². The Labute approximate surface area is 121 Å². The highest BCUT2D eigenvalue weighted by atomic mass is 35.5. The molecular formula is C14H16ClN3O2. The van der Waals surface area contributed by atoms with Crippen LogP contribution in [0.5, 0.6) is 0 Å². The van der Waals surface area contributed by atoms with Gasteiger partial charge in [0.15, 0.2) is 5.69 Å². The van der Waals surface area contributed by atoms with Gasteiger partial charge >= 0.3 is 5.97 Å². The van der Waals surface area contributed by atoms with Gasteiger partial charge in [-0.2, -0.15) is 0 Å². The van der Waals surface area contributed by atoms with Crippen molar-refractivity contribution >= 4 is 23.1 Å². The molecule has 20 heavy (non-hydrogen) atoms. The van der Waals surface area contributed by atoms with Crippen LogP contribution in [0.3, 0.4) is 0 Å². The number of nitrogens with zero attached hydrogens (tertiary/aromatic N) is 2. The zero-order valence-electron chi connectivity index (χ0n) is 11.2. The van der Waals surface area contributed by atoms with E-state index in [-0.39, 0.29) is 5.69 Å². The minimum Gasteiger partial charge on any atom is -0.464 e. The van der Waals surface area contributed by atoms with Crippen molar-refractivity contribution in [2.75, 3.05) is 13.7 Å². The van der Waals surface area contributed by atoms with Crippen molar-refractivity contribution in [1.29, 1.82) is 0 Å². The van der Waals surface area contributed by atoms with Crippen molar-refractivity contribution in [2.45, 2.75) is 25.3 Å².